The number of carbonyl (C=O) groups excluding carboxylic acids is 2. The summed E-state index contributed by atoms with van der Waals surface area (Å²) in [6.45, 7) is 4.90. The molecule has 404 valence electrons. The fraction of sp³-hybridized carbons (Fsp3) is 0.841. The number of nitrogens with one attached hydrogen (secondary N) is 1. The van der Waals surface area contributed by atoms with Gasteiger partial charge in [-0.1, -0.05) is 262 Å². The van der Waals surface area contributed by atoms with Crippen molar-refractivity contribution in [2.45, 2.75) is 328 Å². The van der Waals surface area contributed by atoms with E-state index in [1.807, 2.05) is 0 Å². The average Bonchev–Trinajstić information content (AvgIpc) is 3.35. The number of hydrogen-bond donors (Lipinski definition) is 3. The zero-order valence-corrected chi connectivity index (χ0v) is 46.0. The quantitative estimate of drug-likeness (QED) is 0.0321. The van der Waals surface area contributed by atoms with Crippen LogP contribution in [0.3, 0.4) is 0 Å². The Labute approximate surface area is 429 Å². The topological polar surface area (TPSA) is 95.9 Å². The maximum absolute atomic E-state index is 12.4. The van der Waals surface area contributed by atoms with E-state index >= 15 is 0 Å². The van der Waals surface area contributed by atoms with Gasteiger partial charge < -0.3 is 20.3 Å². The number of aliphatic hydroxyl groups excluding tert-OH is 2. The first-order valence-corrected chi connectivity index (χ1v) is 30.4. The molecule has 0 aliphatic rings. The van der Waals surface area contributed by atoms with Crippen LogP contribution in [-0.2, 0) is 14.3 Å². The summed E-state index contributed by atoms with van der Waals surface area (Å²) >= 11 is 0. The van der Waals surface area contributed by atoms with E-state index in [-0.39, 0.29) is 18.5 Å². The van der Waals surface area contributed by atoms with E-state index in [9.17, 15) is 19.8 Å². The summed E-state index contributed by atoms with van der Waals surface area (Å²) in [5, 5.41) is 23.1. The van der Waals surface area contributed by atoms with Gasteiger partial charge in [0, 0.05) is 12.8 Å². The first-order valence-electron chi connectivity index (χ1n) is 30.4. The maximum Gasteiger partial charge on any atom is 0.305 e. The molecule has 0 aliphatic heterocycles. The van der Waals surface area contributed by atoms with Gasteiger partial charge in [0.05, 0.1) is 25.4 Å². The van der Waals surface area contributed by atoms with E-state index in [4.69, 9.17) is 4.74 Å². The largest absolute Gasteiger partial charge is 0.466 e. The second-order valence-corrected chi connectivity index (χ2v) is 20.7. The first-order chi connectivity index (χ1) is 34.0. The van der Waals surface area contributed by atoms with E-state index in [1.54, 1.807) is 0 Å². The number of aliphatic hydroxyl groups is 2. The van der Waals surface area contributed by atoms with Crippen molar-refractivity contribution in [2.24, 2.45) is 0 Å². The van der Waals surface area contributed by atoms with Gasteiger partial charge in [-0.05, 0) is 89.9 Å². The Kier molecular flexibility index (Phi) is 56.5. The third-order valence-electron chi connectivity index (χ3n) is 13.9. The number of amides is 1. The number of carbonyl (C=O) groups is 2. The molecule has 0 aromatic heterocycles. The lowest BCUT2D eigenvalue weighted by Gasteiger charge is -2.22. The second-order valence-electron chi connectivity index (χ2n) is 20.7. The zero-order valence-electron chi connectivity index (χ0n) is 46.0. The van der Waals surface area contributed by atoms with E-state index < -0.39 is 12.1 Å². The van der Waals surface area contributed by atoms with Crippen molar-refractivity contribution in [1.82, 2.24) is 5.32 Å². The summed E-state index contributed by atoms with van der Waals surface area (Å²) in [5.41, 5.74) is 0. The summed E-state index contributed by atoms with van der Waals surface area (Å²) < 4.78 is 5.47. The van der Waals surface area contributed by atoms with Gasteiger partial charge in [-0.25, -0.2) is 0 Å². The molecule has 2 unspecified atom stereocenters. The second kappa shape index (κ2) is 58.4. The fourth-order valence-corrected chi connectivity index (χ4v) is 9.17. The molecular formula is C63H117NO5. The smallest absolute Gasteiger partial charge is 0.305 e. The van der Waals surface area contributed by atoms with Crippen molar-refractivity contribution in [3.8, 4) is 0 Å². The van der Waals surface area contributed by atoms with Crippen LogP contribution in [0.5, 0.6) is 0 Å². The highest BCUT2D eigenvalue weighted by Gasteiger charge is 2.20. The Balaban J connectivity index is 3.41. The minimum atomic E-state index is -0.665. The van der Waals surface area contributed by atoms with Gasteiger partial charge in [0.15, 0.2) is 0 Å². The van der Waals surface area contributed by atoms with Crippen molar-refractivity contribution < 1.29 is 24.5 Å². The summed E-state index contributed by atoms with van der Waals surface area (Å²) in [6.07, 6.45) is 74.1. The Hall–Kier alpha value is -2.18. The van der Waals surface area contributed by atoms with Crippen LogP contribution >= 0.6 is 0 Å². The molecule has 0 fully saturated rings. The number of unbranched alkanes of at least 4 members (excludes halogenated alkanes) is 37. The van der Waals surface area contributed by atoms with Crippen LogP contribution in [0.15, 0.2) is 48.6 Å². The molecule has 0 aromatic rings. The number of ether oxygens (including phenoxy) is 1. The maximum atomic E-state index is 12.4. The Morgan fingerprint density at radius 2 is 0.725 bits per heavy atom. The van der Waals surface area contributed by atoms with Crippen molar-refractivity contribution in [3.05, 3.63) is 48.6 Å². The van der Waals surface area contributed by atoms with Crippen molar-refractivity contribution in [1.29, 1.82) is 0 Å². The van der Waals surface area contributed by atoms with Gasteiger partial charge in [0.25, 0.3) is 0 Å². The van der Waals surface area contributed by atoms with E-state index in [1.165, 1.54) is 225 Å². The summed E-state index contributed by atoms with van der Waals surface area (Å²) in [4.78, 5) is 24.5. The predicted molar refractivity (Wildman–Crippen MR) is 301 cm³/mol. The first kappa shape index (κ1) is 66.8. The monoisotopic (exact) mass is 968 g/mol. The van der Waals surface area contributed by atoms with Gasteiger partial charge in [0.2, 0.25) is 5.91 Å². The normalized spacial score (nSPS) is 12.9. The van der Waals surface area contributed by atoms with Crippen LogP contribution in [0, 0.1) is 0 Å². The fourth-order valence-electron chi connectivity index (χ4n) is 9.17. The molecule has 3 N–H and O–H groups in total. The SMILES string of the molecule is CCCCC/C=C\C/C=C\CCCCCCCC(=O)OCCCCCCCCCCC/C=C\C/C=C\CCCCCCCCCCCCCC(=O)NC(CO)C(O)CCCCCCCCCCCC. The lowest BCUT2D eigenvalue weighted by molar-refractivity contribution is -0.143. The van der Waals surface area contributed by atoms with Crippen LogP contribution in [-0.4, -0.2) is 47.4 Å². The molecule has 0 radical (unpaired) electrons. The van der Waals surface area contributed by atoms with Crippen molar-refractivity contribution >= 4 is 11.9 Å². The minimum absolute atomic E-state index is 0.00387. The molecule has 6 nitrogen and oxygen atoms in total. The van der Waals surface area contributed by atoms with Crippen molar-refractivity contribution in [3.63, 3.8) is 0 Å². The molecule has 0 spiro atoms. The highest BCUT2D eigenvalue weighted by atomic mass is 16.5. The summed E-state index contributed by atoms with van der Waals surface area (Å²) in [6, 6.07) is -0.543. The van der Waals surface area contributed by atoms with Gasteiger partial charge >= 0.3 is 5.97 Å². The molecule has 6 heteroatoms. The number of hydrogen-bond acceptors (Lipinski definition) is 5. The third-order valence-corrected chi connectivity index (χ3v) is 13.9. The molecule has 1 amide bonds. The minimum Gasteiger partial charge on any atom is -0.466 e. The molecule has 0 bridgehead atoms. The van der Waals surface area contributed by atoms with Crippen molar-refractivity contribution in [2.75, 3.05) is 13.2 Å². The lowest BCUT2D eigenvalue weighted by atomic mass is 10.0. The van der Waals surface area contributed by atoms with Gasteiger partial charge in [0.1, 0.15) is 0 Å². The highest BCUT2D eigenvalue weighted by Crippen LogP contribution is 2.16. The third kappa shape index (κ3) is 55.0. The van der Waals surface area contributed by atoms with E-state index in [0.717, 1.165) is 57.8 Å². The van der Waals surface area contributed by atoms with Crippen LogP contribution in [0.25, 0.3) is 0 Å². The highest BCUT2D eigenvalue weighted by molar-refractivity contribution is 5.76. The number of rotatable bonds is 56. The molecular weight excluding hydrogens is 851 g/mol. The standard InChI is InChI=1S/C63H117NO5/c1-3-5-7-9-11-13-15-16-30-34-37-41-45-49-53-57-63(68)69-58-54-50-46-42-38-35-32-29-27-25-23-21-19-17-18-20-22-24-26-28-31-33-36-40-44-48-52-56-62(67)64-60(59-65)61(66)55-51-47-43-39-14-12-10-8-6-4-2/h11,13,16-18,21,23,30,60-61,65-66H,3-10,12,14-15,19-20,22,24-29,31-59H2,1-2H3,(H,64,67)/b13-11-,18-17-,23-21-,30-16-. The molecule has 2 atom stereocenters. The molecule has 0 saturated heterocycles. The number of allylic oxidation sites excluding steroid dienone is 8. The molecule has 0 aliphatic carbocycles. The summed E-state index contributed by atoms with van der Waals surface area (Å²) in [7, 11) is 0. The molecule has 0 saturated carbocycles. The summed E-state index contributed by atoms with van der Waals surface area (Å²) in [5.74, 6) is -0.0439. The lowest BCUT2D eigenvalue weighted by Crippen LogP contribution is -2.45. The van der Waals surface area contributed by atoms with Crippen LogP contribution in [0.4, 0.5) is 0 Å². The number of esters is 1. The van der Waals surface area contributed by atoms with Crippen LogP contribution < -0.4 is 5.32 Å². The Morgan fingerprint density at radius 1 is 0.406 bits per heavy atom. The molecule has 0 rings (SSSR count). The van der Waals surface area contributed by atoms with Crippen LogP contribution in [0.1, 0.15) is 316 Å². The van der Waals surface area contributed by atoms with Crippen LogP contribution in [0.2, 0.25) is 0 Å². The Bertz CT molecular complexity index is 1160. The van der Waals surface area contributed by atoms with E-state index in [0.29, 0.717) is 25.9 Å². The molecule has 69 heavy (non-hydrogen) atoms. The Morgan fingerprint density at radius 3 is 1.13 bits per heavy atom. The van der Waals surface area contributed by atoms with Gasteiger partial charge in [-0.3, -0.25) is 9.59 Å². The zero-order chi connectivity index (χ0) is 50.0. The van der Waals surface area contributed by atoms with Gasteiger partial charge in [-0.2, -0.15) is 0 Å². The molecule has 0 aromatic carbocycles. The average molecular weight is 969 g/mol. The molecule has 0 heterocycles. The van der Waals surface area contributed by atoms with E-state index in [2.05, 4.69) is 67.8 Å². The predicted octanol–water partition coefficient (Wildman–Crippen LogP) is 19.0. The van der Waals surface area contributed by atoms with Gasteiger partial charge in [-0.15, -0.1) is 0 Å².